The van der Waals surface area contributed by atoms with Crippen LogP contribution in [0, 0.1) is 5.92 Å². The molecular weight excluding hydrogens is 276 g/mol. The van der Waals surface area contributed by atoms with Gasteiger partial charge in [0.25, 0.3) is 0 Å². The van der Waals surface area contributed by atoms with Crippen LogP contribution in [0.1, 0.15) is 31.5 Å². The van der Waals surface area contributed by atoms with Gasteiger partial charge >= 0.3 is 0 Å². The third kappa shape index (κ3) is 5.52. The van der Waals surface area contributed by atoms with E-state index in [-0.39, 0.29) is 5.91 Å². The van der Waals surface area contributed by atoms with Crippen molar-refractivity contribution in [3.05, 3.63) is 53.9 Å². The maximum Gasteiger partial charge on any atom is 0.244 e. The van der Waals surface area contributed by atoms with Gasteiger partial charge in [-0.2, -0.15) is 0 Å². The van der Waals surface area contributed by atoms with Crippen LogP contribution in [0.15, 0.2) is 42.6 Å². The van der Waals surface area contributed by atoms with E-state index in [1.54, 1.807) is 10.8 Å². The fourth-order valence-electron chi connectivity index (χ4n) is 1.94. The minimum Gasteiger partial charge on any atom is -0.353 e. The molecule has 0 unspecified atom stereocenters. The fourth-order valence-corrected chi connectivity index (χ4v) is 1.94. The summed E-state index contributed by atoms with van der Waals surface area (Å²) < 4.78 is 1.76. The van der Waals surface area contributed by atoms with Crippen molar-refractivity contribution in [3.8, 4) is 0 Å². The highest BCUT2D eigenvalue weighted by Gasteiger charge is 2.00. The Balaban J connectivity index is 1.83. The summed E-state index contributed by atoms with van der Waals surface area (Å²) >= 11 is 0. The number of rotatable bonds is 7. The molecule has 116 valence electrons. The summed E-state index contributed by atoms with van der Waals surface area (Å²) in [7, 11) is 0. The highest BCUT2D eigenvalue weighted by atomic mass is 16.1. The van der Waals surface area contributed by atoms with E-state index in [1.807, 2.05) is 36.5 Å². The van der Waals surface area contributed by atoms with E-state index >= 15 is 0 Å². The molecule has 2 rings (SSSR count). The molecule has 5 nitrogen and oxygen atoms in total. The molecule has 0 aliphatic heterocycles. The molecule has 1 aromatic carbocycles. The summed E-state index contributed by atoms with van der Waals surface area (Å²) in [6.07, 6.45) is 5.98. The van der Waals surface area contributed by atoms with E-state index in [9.17, 15) is 4.79 Å². The van der Waals surface area contributed by atoms with Crippen molar-refractivity contribution >= 4 is 12.0 Å². The molecule has 0 aliphatic rings. The predicted molar refractivity (Wildman–Crippen MR) is 87.1 cm³/mol. The minimum absolute atomic E-state index is 0.0988. The zero-order valence-corrected chi connectivity index (χ0v) is 13.1. The molecule has 0 atom stereocenters. The maximum atomic E-state index is 11.6. The van der Waals surface area contributed by atoms with Gasteiger partial charge in [0.2, 0.25) is 5.91 Å². The Morgan fingerprint density at radius 2 is 2.09 bits per heavy atom. The van der Waals surface area contributed by atoms with E-state index < -0.39 is 0 Å². The molecule has 1 aromatic heterocycles. The third-order valence-electron chi connectivity index (χ3n) is 3.17. The van der Waals surface area contributed by atoms with Crippen LogP contribution in [0.25, 0.3) is 6.08 Å². The topological polar surface area (TPSA) is 59.8 Å². The molecule has 0 saturated heterocycles. The van der Waals surface area contributed by atoms with Crippen molar-refractivity contribution in [2.45, 2.75) is 26.8 Å². The highest BCUT2D eigenvalue weighted by Crippen LogP contribution is 2.03. The zero-order valence-electron chi connectivity index (χ0n) is 13.1. The lowest BCUT2D eigenvalue weighted by atomic mass is 10.1. The molecule has 0 saturated carbocycles. The number of amides is 1. The Morgan fingerprint density at radius 3 is 2.82 bits per heavy atom. The van der Waals surface area contributed by atoms with E-state index in [4.69, 9.17) is 0 Å². The Morgan fingerprint density at radius 1 is 1.32 bits per heavy atom. The smallest absolute Gasteiger partial charge is 0.244 e. The van der Waals surface area contributed by atoms with Gasteiger partial charge in [0, 0.05) is 12.6 Å². The standard InChI is InChI=1S/C17H22N4O/c1-14(2)10-11-18-17(22)9-8-16-13-21(20-19-16)12-15-6-4-3-5-7-15/h3-9,13-14H,10-12H2,1-2H3,(H,18,22). The number of benzene rings is 1. The largest absolute Gasteiger partial charge is 0.353 e. The molecule has 0 spiro atoms. The lowest BCUT2D eigenvalue weighted by Gasteiger charge is -2.04. The summed E-state index contributed by atoms with van der Waals surface area (Å²) in [6, 6.07) is 10.1. The number of carbonyl (C=O) groups excluding carboxylic acids is 1. The van der Waals surface area contributed by atoms with Crippen molar-refractivity contribution in [1.29, 1.82) is 0 Å². The summed E-state index contributed by atoms with van der Waals surface area (Å²) in [5.41, 5.74) is 1.84. The number of nitrogens with one attached hydrogen (secondary N) is 1. The van der Waals surface area contributed by atoms with Crippen LogP contribution >= 0.6 is 0 Å². The van der Waals surface area contributed by atoms with Gasteiger partial charge < -0.3 is 5.32 Å². The number of hydrogen-bond acceptors (Lipinski definition) is 3. The molecule has 1 N–H and O–H groups in total. The predicted octanol–water partition coefficient (Wildman–Crippen LogP) is 2.50. The van der Waals surface area contributed by atoms with Crippen LogP contribution in [0.3, 0.4) is 0 Å². The van der Waals surface area contributed by atoms with Crippen molar-refractivity contribution in [1.82, 2.24) is 20.3 Å². The molecule has 0 aliphatic carbocycles. The average molecular weight is 298 g/mol. The monoisotopic (exact) mass is 298 g/mol. The summed E-state index contributed by atoms with van der Waals surface area (Å²) in [6.45, 7) is 5.63. The first-order chi connectivity index (χ1) is 10.6. The quantitative estimate of drug-likeness (QED) is 0.799. The van der Waals surface area contributed by atoms with Crippen molar-refractivity contribution in [2.75, 3.05) is 6.54 Å². The first-order valence-electron chi connectivity index (χ1n) is 7.53. The lowest BCUT2D eigenvalue weighted by molar-refractivity contribution is -0.116. The summed E-state index contributed by atoms with van der Waals surface area (Å²) in [4.78, 5) is 11.6. The summed E-state index contributed by atoms with van der Waals surface area (Å²) in [5, 5.41) is 10.9. The SMILES string of the molecule is CC(C)CCNC(=O)C=Cc1cn(Cc2ccccc2)nn1. The number of carbonyl (C=O) groups is 1. The van der Waals surface area contributed by atoms with Crippen molar-refractivity contribution < 1.29 is 4.79 Å². The second kappa shape index (κ2) is 8.12. The van der Waals surface area contributed by atoms with Gasteiger partial charge in [-0.3, -0.25) is 4.79 Å². The van der Waals surface area contributed by atoms with Gasteiger partial charge in [-0.25, -0.2) is 4.68 Å². The Labute approximate surface area is 131 Å². The van der Waals surface area contributed by atoms with Gasteiger partial charge in [-0.1, -0.05) is 49.4 Å². The van der Waals surface area contributed by atoms with Crippen molar-refractivity contribution in [3.63, 3.8) is 0 Å². The molecular formula is C17H22N4O. The second-order valence-corrected chi connectivity index (χ2v) is 5.63. The third-order valence-corrected chi connectivity index (χ3v) is 3.17. The van der Waals surface area contributed by atoms with Gasteiger partial charge in [-0.15, -0.1) is 5.10 Å². The minimum atomic E-state index is -0.0988. The van der Waals surface area contributed by atoms with Crippen LogP contribution in [-0.2, 0) is 11.3 Å². The number of aromatic nitrogens is 3. The average Bonchev–Trinajstić information content (AvgIpc) is 2.93. The van der Waals surface area contributed by atoms with Crippen LogP contribution in [-0.4, -0.2) is 27.4 Å². The van der Waals surface area contributed by atoms with Gasteiger partial charge in [-0.05, 0) is 24.0 Å². The molecule has 1 amide bonds. The molecule has 2 aromatic rings. The van der Waals surface area contributed by atoms with Crippen LogP contribution in [0.2, 0.25) is 0 Å². The van der Waals surface area contributed by atoms with Gasteiger partial charge in [0.15, 0.2) is 0 Å². The second-order valence-electron chi connectivity index (χ2n) is 5.63. The number of nitrogens with zero attached hydrogens (tertiary/aromatic N) is 3. The summed E-state index contributed by atoms with van der Waals surface area (Å²) in [5.74, 6) is 0.487. The Hall–Kier alpha value is -2.43. The van der Waals surface area contributed by atoms with E-state index in [1.165, 1.54) is 6.08 Å². The highest BCUT2D eigenvalue weighted by molar-refractivity contribution is 5.91. The number of hydrogen-bond donors (Lipinski definition) is 1. The van der Waals surface area contributed by atoms with E-state index in [2.05, 4.69) is 29.5 Å². The Bertz CT molecular complexity index is 617. The lowest BCUT2D eigenvalue weighted by Crippen LogP contribution is -2.23. The Kier molecular flexibility index (Phi) is 5.89. The van der Waals surface area contributed by atoms with Crippen molar-refractivity contribution in [2.24, 2.45) is 5.92 Å². The van der Waals surface area contributed by atoms with E-state index in [0.717, 1.165) is 12.0 Å². The molecule has 1 heterocycles. The van der Waals surface area contributed by atoms with E-state index in [0.29, 0.717) is 24.7 Å². The normalized spacial score (nSPS) is 11.2. The van der Waals surface area contributed by atoms with Crippen LogP contribution < -0.4 is 5.32 Å². The van der Waals surface area contributed by atoms with Crippen LogP contribution in [0.4, 0.5) is 0 Å². The molecule has 5 heteroatoms. The van der Waals surface area contributed by atoms with Gasteiger partial charge in [0.1, 0.15) is 5.69 Å². The molecule has 0 radical (unpaired) electrons. The van der Waals surface area contributed by atoms with Gasteiger partial charge in [0.05, 0.1) is 12.7 Å². The fraction of sp³-hybridized carbons (Fsp3) is 0.353. The van der Waals surface area contributed by atoms with Crippen LogP contribution in [0.5, 0.6) is 0 Å². The first kappa shape index (κ1) is 15.9. The molecule has 0 bridgehead atoms. The molecule has 22 heavy (non-hydrogen) atoms. The maximum absolute atomic E-state index is 11.6. The zero-order chi connectivity index (χ0) is 15.8. The molecule has 0 fully saturated rings. The first-order valence-corrected chi connectivity index (χ1v) is 7.53.